The van der Waals surface area contributed by atoms with E-state index < -0.39 is 0 Å². The van der Waals surface area contributed by atoms with Gasteiger partial charge in [-0.2, -0.15) is 0 Å². The molecule has 1 heterocycles. The molecule has 1 aliphatic heterocycles. The van der Waals surface area contributed by atoms with Crippen LogP contribution in [0.15, 0.2) is 0 Å². The maximum absolute atomic E-state index is 11.8. The van der Waals surface area contributed by atoms with E-state index in [1.165, 1.54) is 12.2 Å². The van der Waals surface area contributed by atoms with Crippen LogP contribution in [0.5, 0.6) is 0 Å². The van der Waals surface area contributed by atoms with Gasteiger partial charge in [-0.3, -0.25) is 4.79 Å². The average Bonchev–Trinajstić information content (AvgIpc) is 2.36. The topological polar surface area (TPSA) is 17.1 Å². The molecule has 1 atom stereocenters. The van der Waals surface area contributed by atoms with Crippen LogP contribution in [0.25, 0.3) is 0 Å². The van der Waals surface area contributed by atoms with Crippen LogP contribution in [-0.4, -0.2) is 16.3 Å². The van der Waals surface area contributed by atoms with E-state index >= 15 is 0 Å². The molecular weight excluding hydrogens is 168 g/mol. The Morgan fingerprint density at radius 2 is 2.25 bits per heavy atom. The first-order valence-corrected chi connectivity index (χ1v) is 5.70. The van der Waals surface area contributed by atoms with Gasteiger partial charge in [-0.1, -0.05) is 13.8 Å². The smallest absolute Gasteiger partial charge is 0.148 e. The number of carbonyl (C=O) groups is 1. The summed E-state index contributed by atoms with van der Waals surface area (Å²) in [5, 5.41) is 0. The zero-order valence-electron chi connectivity index (χ0n) is 8.22. The molecule has 0 saturated carbocycles. The Bertz CT molecular complexity index is 169. The van der Waals surface area contributed by atoms with Crippen molar-refractivity contribution < 1.29 is 4.79 Å². The van der Waals surface area contributed by atoms with Gasteiger partial charge in [0.2, 0.25) is 0 Å². The predicted molar refractivity (Wildman–Crippen MR) is 54.6 cm³/mol. The van der Waals surface area contributed by atoms with Crippen LogP contribution in [0.2, 0.25) is 0 Å². The molecule has 12 heavy (non-hydrogen) atoms. The molecule has 0 amide bonds. The summed E-state index contributed by atoms with van der Waals surface area (Å²) in [4.78, 5) is 11.8. The maximum atomic E-state index is 11.8. The van der Waals surface area contributed by atoms with Crippen LogP contribution in [-0.2, 0) is 4.79 Å². The quantitative estimate of drug-likeness (QED) is 0.674. The molecule has 0 aliphatic carbocycles. The summed E-state index contributed by atoms with van der Waals surface area (Å²) in [6.45, 7) is 6.33. The first-order valence-electron chi connectivity index (χ1n) is 4.72. The van der Waals surface area contributed by atoms with Gasteiger partial charge in [-0.05, 0) is 31.4 Å². The minimum atomic E-state index is -0.0374. The third-order valence-electron chi connectivity index (χ3n) is 2.40. The molecular formula is C10H18OS. The average molecular weight is 186 g/mol. The first kappa shape index (κ1) is 10.1. The Morgan fingerprint density at radius 1 is 1.58 bits per heavy atom. The summed E-state index contributed by atoms with van der Waals surface area (Å²) in [7, 11) is 0. The van der Waals surface area contributed by atoms with Gasteiger partial charge in [0.15, 0.2) is 0 Å². The number of hydrogen-bond donors (Lipinski definition) is 0. The molecule has 1 saturated heterocycles. The molecule has 0 N–H and O–H groups in total. The molecule has 0 bridgehead atoms. The zero-order chi connectivity index (χ0) is 9.19. The van der Waals surface area contributed by atoms with E-state index in [0.29, 0.717) is 11.7 Å². The van der Waals surface area contributed by atoms with Crippen LogP contribution >= 0.6 is 11.8 Å². The van der Waals surface area contributed by atoms with Crippen molar-refractivity contribution in [2.75, 3.05) is 5.75 Å². The molecule has 1 nitrogen and oxygen atoms in total. The fourth-order valence-corrected chi connectivity index (χ4v) is 2.86. The third kappa shape index (κ3) is 2.25. The van der Waals surface area contributed by atoms with Gasteiger partial charge < -0.3 is 0 Å². The molecule has 1 fully saturated rings. The fraction of sp³-hybridized carbons (Fsp3) is 0.900. The largest absolute Gasteiger partial charge is 0.298 e. The lowest BCUT2D eigenvalue weighted by atomic mass is 9.94. The van der Waals surface area contributed by atoms with Crippen molar-refractivity contribution in [2.45, 2.75) is 44.8 Å². The van der Waals surface area contributed by atoms with E-state index in [4.69, 9.17) is 0 Å². The van der Waals surface area contributed by atoms with Gasteiger partial charge in [0.05, 0.1) is 4.75 Å². The highest BCUT2D eigenvalue weighted by Gasteiger charge is 2.36. The van der Waals surface area contributed by atoms with Crippen molar-refractivity contribution in [3.05, 3.63) is 0 Å². The van der Waals surface area contributed by atoms with Crippen molar-refractivity contribution in [3.63, 3.8) is 0 Å². The van der Waals surface area contributed by atoms with E-state index in [9.17, 15) is 4.79 Å². The van der Waals surface area contributed by atoms with Gasteiger partial charge in [0, 0.05) is 6.42 Å². The van der Waals surface area contributed by atoms with Crippen molar-refractivity contribution >= 4 is 17.5 Å². The van der Waals surface area contributed by atoms with E-state index in [2.05, 4.69) is 20.8 Å². The number of Topliss-reactive ketones (excluding diaryl/α,β-unsaturated/α-hetero) is 1. The van der Waals surface area contributed by atoms with E-state index in [1.54, 1.807) is 0 Å². The molecule has 70 valence electrons. The molecule has 1 aliphatic rings. The lowest BCUT2D eigenvalue weighted by Gasteiger charge is -2.21. The zero-order valence-corrected chi connectivity index (χ0v) is 9.04. The summed E-state index contributed by atoms with van der Waals surface area (Å²) >= 11 is 1.85. The second kappa shape index (κ2) is 3.82. The normalized spacial score (nSPS) is 29.7. The first-order chi connectivity index (χ1) is 5.54. The number of thioether (sulfide) groups is 1. The van der Waals surface area contributed by atoms with Gasteiger partial charge in [-0.15, -0.1) is 11.8 Å². The minimum Gasteiger partial charge on any atom is -0.298 e. The van der Waals surface area contributed by atoms with Crippen molar-refractivity contribution in [1.29, 1.82) is 0 Å². The summed E-state index contributed by atoms with van der Waals surface area (Å²) < 4.78 is -0.0374. The van der Waals surface area contributed by atoms with Crippen LogP contribution in [0.4, 0.5) is 0 Å². The summed E-state index contributed by atoms with van der Waals surface area (Å²) in [5.41, 5.74) is 0. The highest BCUT2D eigenvalue weighted by molar-refractivity contribution is 8.01. The molecule has 2 heteroatoms. The van der Waals surface area contributed by atoms with Gasteiger partial charge in [-0.25, -0.2) is 0 Å². The Hall–Kier alpha value is 0.0200. The number of ketones is 1. The maximum Gasteiger partial charge on any atom is 0.148 e. The minimum absolute atomic E-state index is 0.0374. The lowest BCUT2D eigenvalue weighted by Crippen LogP contribution is -2.29. The fourth-order valence-electron chi connectivity index (χ4n) is 1.59. The van der Waals surface area contributed by atoms with Crippen LogP contribution in [0.3, 0.4) is 0 Å². The van der Waals surface area contributed by atoms with Crippen LogP contribution < -0.4 is 0 Å². The number of hydrogen-bond acceptors (Lipinski definition) is 2. The van der Waals surface area contributed by atoms with Crippen molar-refractivity contribution in [3.8, 4) is 0 Å². The summed E-state index contributed by atoms with van der Waals surface area (Å²) in [6, 6.07) is 0. The molecule has 0 radical (unpaired) electrons. The van der Waals surface area contributed by atoms with Crippen molar-refractivity contribution in [1.82, 2.24) is 0 Å². The van der Waals surface area contributed by atoms with Gasteiger partial charge >= 0.3 is 0 Å². The van der Waals surface area contributed by atoms with Crippen molar-refractivity contribution in [2.24, 2.45) is 5.92 Å². The van der Waals surface area contributed by atoms with Gasteiger partial charge in [0.1, 0.15) is 5.78 Å². The van der Waals surface area contributed by atoms with E-state index in [-0.39, 0.29) is 4.75 Å². The molecule has 0 spiro atoms. The van der Waals surface area contributed by atoms with E-state index in [1.807, 2.05) is 11.8 Å². The molecule has 1 unspecified atom stereocenters. The van der Waals surface area contributed by atoms with Crippen LogP contribution in [0.1, 0.15) is 40.0 Å². The Morgan fingerprint density at radius 3 is 2.67 bits per heavy atom. The standard InChI is InChI=1S/C10H18OS/c1-8(2)7-9(11)10(3)5-4-6-12-10/h8H,4-7H2,1-3H3. The number of carbonyl (C=O) groups excluding carboxylic acids is 1. The Labute approximate surface area is 79.3 Å². The molecule has 0 aromatic carbocycles. The molecule has 1 rings (SSSR count). The second-order valence-electron chi connectivity index (χ2n) is 4.20. The predicted octanol–water partition coefficient (Wildman–Crippen LogP) is 2.89. The monoisotopic (exact) mass is 186 g/mol. The molecule has 0 aromatic rings. The second-order valence-corrected chi connectivity index (χ2v) is 5.80. The Balaban J connectivity index is 2.50. The van der Waals surface area contributed by atoms with Crippen LogP contribution in [0, 0.1) is 5.92 Å². The third-order valence-corrected chi connectivity index (χ3v) is 3.96. The SMILES string of the molecule is CC(C)CC(=O)C1(C)CCCS1. The molecule has 0 aromatic heterocycles. The van der Waals surface area contributed by atoms with E-state index in [0.717, 1.165) is 12.8 Å². The van der Waals surface area contributed by atoms with Gasteiger partial charge in [0.25, 0.3) is 0 Å². The highest BCUT2D eigenvalue weighted by atomic mass is 32.2. The number of rotatable bonds is 3. The summed E-state index contributed by atoms with van der Waals surface area (Å²) in [5.74, 6) is 2.14. The summed E-state index contributed by atoms with van der Waals surface area (Å²) in [6.07, 6.45) is 3.05. The lowest BCUT2D eigenvalue weighted by molar-refractivity contribution is -0.121. The highest BCUT2D eigenvalue weighted by Crippen LogP contribution is 2.39. The Kier molecular flexibility index (Phi) is 3.22.